The standard InChI is InChI=1S/C30H24FN3O2/c31-22-6-3-5-20(15-22)17-34-18-26-25(16-29(35)33-27-8-4-9-28(34)30(26)27)21-10-12-24(13-11-21)36-19-23-7-1-2-14-32-23/h1-15,18,25H,16-17,19H2,(H,33,35). The van der Waals surface area contributed by atoms with E-state index in [1.807, 2.05) is 66.7 Å². The van der Waals surface area contributed by atoms with Crippen LogP contribution in [0.25, 0.3) is 10.9 Å². The van der Waals surface area contributed by atoms with Gasteiger partial charge in [0.25, 0.3) is 0 Å². The smallest absolute Gasteiger partial charge is 0.225 e. The monoisotopic (exact) mass is 477 g/mol. The number of amides is 1. The van der Waals surface area contributed by atoms with Crippen LogP contribution in [0.3, 0.4) is 0 Å². The number of carbonyl (C=O) groups excluding carboxylic acids is 1. The van der Waals surface area contributed by atoms with Crippen molar-refractivity contribution in [3.05, 3.63) is 126 Å². The zero-order valence-corrected chi connectivity index (χ0v) is 19.5. The van der Waals surface area contributed by atoms with E-state index >= 15 is 0 Å². The van der Waals surface area contributed by atoms with Gasteiger partial charge in [0, 0.05) is 36.7 Å². The molecule has 6 heteroatoms. The van der Waals surface area contributed by atoms with E-state index in [4.69, 9.17) is 4.74 Å². The highest BCUT2D eigenvalue weighted by Gasteiger charge is 2.28. The lowest BCUT2D eigenvalue weighted by Crippen LogP contribution is -2.14. The number of carbonyl (C=O) groups is 1. The summed E-state index contributed by atoms with van der Waals surface area (Å²) in [5.74, 6) is 0.365. The van der Waals surface area contributed by atoms with E-state index in [-0.39, 0.29) is 17.6 Å². The van der Waals surface area contributed by atoms with Gasteiger partial charge in [0.1, 0.15) is 18.2 Å². The van der Waals surface area contributed by atoms with Gasteiger partial charge in [-0.3, -0.25) is 9.78 Å². The lowest BCUT2D eigenvalue weighted by atomic mass is 9.88. The molecule has 0 radical (unpaired) electrons. The van der Waals surface area contributed by atoms with Crippen LogP contribution in [0, 0.1) is 5.82 Å². The highest BCUT2D eigenvalue weighted by molar-refractivity contribution is 6.06. The molecule has 0 aliphatic carbocycles. The van der Waals surface area contributed by atoms with Crippen LogP contribution < -0.4 is 10.1 Å². The Balaban J connectivity index is 1.34. The Bertz CT molecular complexity index is 1540. The first kappa shape index (κ1) is 22.0. The highest BCUT2D eigenvalue weighted by Crippen LogP contribution is 2.41. The van der Waals surface area contributed by atoms with Gasteiger partial charge < -0.3 is 14.6 Å². The molecule has 0 saturated heterocycles. The molecule has 0 saturated carbocycles. The van der Waals surface area contributed by atoms with Gasteiger partial charge in [-0.15, -0.1) is 0 Å². The summed E-state index contributed by atoms with van der Waals surface area (Å²) >= 11 is 0. The predicted molar refractivity (Wildman–Crippen MR) is 138 cm³/mol. The second-order valence-corrected chi connectivity index (χ2v) is 9.03. The van der Waals surface area contributed by atoms with E-state index in [1.165, 1.54) is 6.07 Å². The topological polar surface area (TPSA) is 56.1 Å². The predicted octanol–water partition coefficient (Wildman–Crippen LogP) is 6.28. The molecule has 0 spiro atoms. The van der Waals surface area contributed by atoms with E-state index in [2.05, 4.69) is 21.1 Å². The highest BCUT2D eigenvalue weighted by atomic mass is 19.1. The van der Waals surface area contributed by atoms with E-state index in [0.717, 1.165) is 44.7 Å². The maximum atomic E-state index is 13.8. The Kier molecular flexibility index (Phi) is 5.70. The molecule has 36 heavy (non-hydrogen) atoms. The minimum absolute atomic E-state index is 0.0177. The van der Waals surface area contributed by atoms with Gasteiger partial charge in [-0.2, -0.15) is 0 Å². The first-order valence-corrected chi connectivity index (χ1v) is 11.9. The first-order valence-electron chi connectivity index (χ1n) is 11.9. The molecule has 5 nitrogen and oxygen atoms in total. The van der Waals surface area contributed by atoms with Crippen molar-refractivity contribution in [3.63, 3.8) is 0 Å². The van der Waals surface area contributed by atoms with Crippen LogP contribution in [0.1, 0.15) is 34.7 Å². The molecule has 2 aromatic heterocycles. The summed E-state index contributed by atoms with van der Waals surface area (Å²) in [6.45, 7) is 0.932. The van der Waals surface area contributed by atoms with Crippen LogP contribution >= 0.6 is 0 Å². The number of hydrogen-bond donors (Lipinski definition) is 1. The molecule has 3 heterocycles. The normalized spacial score (nSPS) is 14.9. The summed E-state index contributed by atoms with van der Waals surface area (Å²) in [4.78, 5) is 17.1. The number of pyridine rings is 1. The maximum Gasteiger partial charge on any atom is 0.225 e. The maximum absolute atomic E-state index is 13.8. The van der Waals surface area contributed by atoms with Crippen molar-refractivity contribution in [2.45, 2.75) is 25.5 Å². The molecule has 0 fully saturated rings. The quantitative estimate of drug-likeness (QED) is 0.313. The molecule has 0 bridgehead atoms. The summed E-state index contributed by atoms with van der Waals surface area (Å²) in [5, 5.41) is 4.11. The number of hydrogen-bond acceptors (Lipinski definition) is 3. The van der Waals surface area contributed by atoms with Crippen LogP contribution in [-0.4, -0.2) is 15.5 Å². The second kappa shape index (κ2) is 9.30. The minimum atomic E-state index is -0.249. The second-order valence-electron chi connectivity index (χ2n) is 9.03. The number of rotatable bonds is 6. The fourth-order valence-electron chi connectivity index (χ4n) is 4.95. The van der Waals surface area contributed by atoms with E-state index in [9.17, 15) is 9.18 Å². The molecule has 1 amide bonds. The lowest BCUT2D eigenvalue weighted by Gasteiger charge is -2.15. The summed E-state index contributed by atoms with van der Waals surface area (Å²) in [5.41, 5.74) is 5.68. The molecule has 6 rings (SSSR count). The van der Waals surface area contributed by atoms with Crippen LogP contribution in [0.4, 0.5) is 10.1 Å². The third-order valence-corrected chi connectivity index (χ3v) is 6.61. The molecule has 5 aromatic rings. The summed E-state index contributed by atoms with van der Waals surface area (Å²) in [7, 11) is 0. The van der Waals surface area contributed by atoms with Crippen LogP contribution in [0.2, 0.25) is 0 Å². The van der Waals surface area contributed by atoms with Crippen molar-refractivity contribution in [2.24, 2.45) is 0 Å². The van der Waals surface area contributed by atoms with Crippen molar-refractivity contribution in [1.29, 1.82) is 0 Å². The fourth-order valence-corrected chi connectivity index (χ4v) is 4.95. The van der Waals surface area contributed by atoms with Gasteiger partial charge in [0.2, 0.25) is 5.91 Å². The number of nitrogens with one attached hydrogen (secondary N) is 1. The third kappa shape index (κ3) is 4.33. The van der Waals surface area contributed by atoms with Gasteiger partial charge >= 0.3 is 0 Å². The molecular weight excluding hydrogens is 453 g/mol. The average Bonchev–Trinajstić information content (AvgIpc) is 3.18. The molecule has 1 atom stereocenters. The number of aromatic nitrogens is 2. The van der Waals surface area contributed by atoms with E-state index < -0.39 is 0 Å². The van der Waals surface area contributed by atoms with Gasteiger partial charge in [0.15, 0.2) is 0 Å². The van der Waals surface area contributed by atoms with Gasteiger partial charge in [-0.05, 0) is 65.2 Å². The number of halogens is 1. The van der Waals surface area contributed by atoms with E-state index in [0.29, 0.717) is 19.6 Å². The van der Waals surface area contributed by atoms with Crippen molar-refractivity contribution < 1.29 is 13.9 Å². The largest absolute Gasteiger partial charge is 0.487 e. The minimum Gasteiger partial charge on any atom is -0.487 e. The number of ether oxygens (including phenoxy) is 1. The molecule has 3 aromatic carbocycles. The van der Waals surface area contributed by atoms with Crippen LogP contribution in [-0.2, 0) is 17.9 Å². The Morgan fingerprint density at radius 3 is 2.67 bits per heavy atom. The van der Waals surface area contributed by atoms with Crippen molar-refractivity contribution in [2.75, 3.05) is 5.32 Å². The van der Waals surface area contributed by atoms with Crippen molar-refractivity contribution in [1.82, 2.24) is 9.55 Å². The lowest BCUT2D eigenvalue weighted by molar-refractivity contribution is -0.116. The molecule has 1 aliphatic heterocycles. The molecular formula is C30H24FN3O2. The summed E-state index contributed by atoms with van der Waals surface area (Å²) in [6, 6.07) is 26.3. The Morgan fingerprint density at radius 1 is 1.00 bits per heavy atom. The summed E-state index contributed by atoms with van der Waals surface area (Å²) in [6.07, 6.45) is 4.19. The summed E-state index contributed by atoms with van der Waals surface area (Å²) < 4.78 is 21.9. The van der Waals surface area contributed by atoms with Gasteiger partial charge in [0.05, 0.1) is 16.9 Å². The van der Waals surface area contributed by atoms with Crippen LogP contribution in [0.15, 0.2) is 97.3 Å². The first-order chi connectivity index (χ1) is 17.6. The Morgan fingerprint density at radius 2 is 1.86 bits per heavy atom. The molecule has 1 N–H and O–H groups in total. The third-order valence-electron chi connectivity index (χ3n) is 6.61. The van der Waals surface area contributed by atoms with Gasteiger partial charge in [-0.25, -0.2) is 4.39 Å². The zero-order chi connectivity index (χ0) is 24.5. The number of anilines is 1. The SMILES string of the molecule is O=C1CC(c2ccc(OCc3ccccn3)cc2)c2cn(Cc3cccc(F)c3)c3cccc(c23)N1. The Hall–Kier alpha value is -4.45. The van der Waals surface area contributed by atoms with E-state index in [1.54, 1.807) is 18.3 Å². The Labute approximate surface area is 208 Å². The molecule has 1 unspecified atom stereocenters. The number of benzene rings is 3. The molecule has 178 valence electrons. The van der Waals surface area contributed by atoms with Gasteiger partial charge in [-0.1, -0.05) is 36.4 Å². The zero-order valence-electron chi connectivity index (χ0n) is 19.5. The molecule has 1 aliphatic rings. The fraction of sp³-hybridized carbons (Fsp3) is 0.133. The van der Waals surface area contributed by atoms with Crippen LogP contribution in [0.5, 0.6) is 5.75 Å². The van der Waals surface area contributed by atoms with Crippen molar-refractivity contribution >= 4 is 22.5 Å². The van der Waals surface area contributed by atoms with Crippen molar-refractivity contribution in [3.8, 4) is 5.75 Å². The average molecular weight is 478 g/mol. The number of nitrogens with zero attached hydrogens (tertiary/aromatic N) is 2.